The van der Waals surface area contributed by atoms with Gasteiger partial charge in [0.2, 0.25) is 10.0 Å². The number of benzene rings is 2. The summed E-state index contributed by atoms with van der Waals surface area (Å²) in [7, 11) is -3.46. The Morgan fingerprint density at radius 1 is 1.05 bits per heavy atom. The number of hydrogen-bond acceptors (Lipinski definition) is 3. The highest BCUT2D eigenvalue weighted by molar-refractivity contribution is 7.89. The van der Waals surface area contributed by atoms with Crippen molar-refractivity contribution in [3.63, 3.8) is 0 Å². The molecule has 0 unspecified atom stereocenters. The fourth-order valence-corrected chi connectivity index (χ4v) is 3.12. The van der Waals surface area contributed by atoms with Gasteiger partial charge in [-0.05, 0) is 24.4 Å². The van der Waals surface area contributed by atoms with Crippen LogP contribution in [-0.4, -0.2) is 21.5 Å². The van der Waals surface area contributed by atoms with Gasteiger partial charge in [-0.25, -0.2) is 13.1 Å². The average molecular weight is 301 g/mol. The predicted molar refractivity (Wildman–Crippen MR) is 80.1 cm³/mol. The molecule has 0 radical (unpaired) electrons. The molecular formula is C13H17ClN2O2S. The summed E-state index contributed by atoms with van der Waals surface area (Å²) >= 11 is 0. The van der Waals surface area contributed by atoms with Crippen molar-refractivity contribution in [2.24, 2.45) is 5.73 Å². The van der Waals surface area contributed by atoms with Gasteiger partial charge >= 0.3 is 0 Å². The van der Waals surface area contributed by atoms with Crippen molar-refractivity contribution in [3.8, 4) is 0 Å². The number of rotatable bonds is 5. The molecule has 0 aliphatic heterocycles. The molecule has 3 N–H and O–H groups in total. The van der Waals surface area contributed by atoms with Crippen LogP contribution in [0.5, 0.6) is 0 Å². The van der Waals surface area contributed by atoms with Crippen molar-refractivity contribution in [3.05, 3.63) is 42.5 Å². The third kappa shape index (κ3) is 3.67. The maximum absolute atomic E-state index is 12.2. The van der Waals surface area contributed by atoms with E-state index in [0.717, 1.165) is 10.8 Å². The standard InChI is InChI=1S/C13H16N2O2S.ClH/c14-9-4-10-15-18(16,17)13-8-3-6-11-5-1-2-7-12(11)13;/h1-3,5-8,15H,4,9-10,14H2;1H. The molecule has 0 aromatic heterocycles. The van der Waals surface area contributed by atoms with Gasteiger partial charge < -0.3 is 5.73 Å². The van der Waals surface area contributed by atoms with Gasteiger partial charge in [-0.1, -0.05) is 36.4 Å². The third-order valence-corrected chi connectivity index (χ3v) is 4.23. The van der Waals surface area contributed by atoms with Gasteiger partial charge in [-0.3, -0.25) is 0 Å². The van der Waals surface area contributed by atoms with Crippen molar-refractivity contribution < 1.29 is 8.42 Å². The van der Waals surface area contributed by atoms with Crippen LogP contribution in [0.25, 0.3) is 10.8 Å². The lowest BCUT2D eigenvalue weighted by molar-refractivity contribution is 0.580. The Bertz CT molecular complexity index is 639. The first-order valence-electron chi connectivity index (χ1n) is 5.82. The zero-order chi connectivity index (χ0) is 13.0. The second kappa shape index (κ2) is 6.86. The zero-order valence-electron chi connectivity index (χ0n) is 10.4. The minimum absolute atomic E-state index is 0. The summed E-state index contributed by atoms with van der Waals surface area (Å²) in [6.07, 6.45) is 0.629. The van der Waals surface area contributed by atoms with Crippen LogP contribution in [0, 0.1) is 0 Å². The Labute approximate surface area is 119 Å². The molecule has 0 spiro atoms. The monoisotopic (exact) mass is 300 g/mol. The van der Waals surface area contributed by atoms with Crippen molar-refractivity contribution >= 4 is 33.2 Å². The minimum Gasteiger partial charge on any atom is -0.330 e. The van der Waals surface area contributed by atoms with Crippen molar-refractivity contribution in [2.75, 3.05) is 13.1 Å². The van der Waals surface area contributed by atoms with E-state index in [-0.39, 0.29) is 12.4 Å². The van der Waals surface area contributed by atoms with Gasteiger partial charge in [0, 0.05) is 11.9 Å². The summed E-state index contributed by atoms with van der Waals surface area (Å²) in [5, 5.41) is 1.65. The van der Waals surface area contributed by atoms with Crippen molar-refractivity contribution in [2.45, 2.75) is 11.3 Å². The van der Waals surface area contributed by atoms with Crippen LogP contribution < -0.4 is 10.5 Å². The highest BCUT2D eigenvalue weighted by atomic mass is 35.5. The van der Waals surface area contributed by atoms with Crippen LogP contribution in [-0.2, 0) is 10.0 Å². The van der Waals surface area contributed by atoms with Gasteiger partial charge in [-0.15, -0.1) is 12.4 Å². The van der Waals surface area contributed by atoms with E-state index in [2.05, 4.69) is 4.72 Å². The van der Waals surface area contributed by atoms with Gasteiger partial charge in [0.15, 0.2) is 0 Å². The van der Waals surface area contributed by atoms with E-state index < -0.39 is 10.0 Å². The molecule has 0 aliphatic carbocycles. The number of hydrogen-bond donors (Lipinski definition) is 2. The smallest absolute Gasteiger partial charge is 0.241 e. The number of sulfonamides is 1. The van der Waals surface area contributed by atoms with Gasteiger partial charge in [0.05, 0.1) is 4.90 Å². The highest BCUT2D eigenvalue weighted by Gasteiger charge is 2.15. The molecule has 0 fully saturated rings. The van der Waals surface area contributed by atoms with Gasteiger partial charge in [0.1, 0.15) is 0 Å². The van der Waals surface area contributed by atoms with Gasteiger partial charge in [-0.2, -0.15) is 0 Å². The molecule has 6 heteroatoms. The summed E-state index contributed by atoms with van der Waals surface area (Å²) in [6, 6.07) is 12.7. The molecule has 0 heterocycles. The first-order chi connectivity index (χ1) is 8.65. The quantitative estimate of drug-likeness (QED) is 0.828. The summed E-state index contributed by atoms with van der Waals surface area (Å²) < 4.78 is 26.9. The zero-order valence-corrected chi connectivity index (χ0v) is 12.0. The molecule has 2 rings (SSSR count). The topological polar surface area (TPSA) is 72.2 Å². The van der Waals surface area contributed by atoms with Crippen LogP contribution in [0.1, 0.15) is 6.42 Å². The molecule has 0 amide bonds. The maximum Gasteiger partial charge on any atom is 0.241 e. The molecule has 104 valence electrons. The van der Waals surface area contributed by atoms with Crippen LogP contribution in [0.3, 0.4) is 0 Å². The van der Waals surface area contributed by atoms with Crippen LogP contribution in [0.2, 0.25) is 0 Å². The number of fused-ring (bicyclic) bond motifs is 1. The Hall–Kier alpha value is -1.14. The molecule has 0 bridgehead atoms. The maximum atomic E-state index is 12.2. The SMILES string of the molecule is Cl.NCCCNS(=O)(=O)c1cccc2ccccc12. The lowest BCUT2D eigenvalue weighted by Crippen LogP contribution is -2.26. The molecule has 0 saturated heterocycles. The van der Waals surface area contributed by atoms with Crippen LogP contribution in [0.15, 0.2) is 47.4 Å². The van der Waals surface area contributed by atoms with Crippen molar-refractivity contribution in [1.82, 2.24) is 4.72 Å². The number of nitrogens with two attached hydrogens (primary N) is 1. The fourth-order valence-electron chi connectivity index (χ4n) is 1.82. The summed E-state index contributed by atoms with van der Waals surface area (Å²) in [4.78, 5) is 0.317. The minimum atomic E-state index is -3.46. The molecular weight excluding hydrogens is 284 g/mol. The first-order valence-corrected chi connectivity index (χ1v) is 7.31. The summed E-state index contributed by atoms with van der Waals surface area (Å²) in [6.45, 7) is 0.833. The normalized spacial score (nSPS) is 11.2. The van der Waals surface area contributed by atoms with E-state index in [1.54, 1.807) is 12.1 Å². The lowest BCUT2D eigenvalue weighted by Gasteiger charge is -2.09. The van der Waals surface area contributed by atoms with Crippen molar-refractivity contribution in [1.29, 1.82) is 0 Å². The molecule has 2 aromatic rings. The second-order valence-electron chi connectivity index (χ2n) is 4.02. The number of nitrogens with one attached hydrogen (secondary N) is 1. The molecule has 0 aliphatic rings. The Kier molecular flexibility index (Phi) is 5.75. The van der Waals surface area contributed by atoms with E-state index in [1.807, 2.05) is 30.3 Å². The summed E-state index contributed by atoms with van der Waals surface area (Å²) in [5.41, 5.74) is 5.35. The second-order valence-corrected chi connectivity index (χ2v) is 5.75. The number of halogens is 1. The molecule has 19 heavy (non-hydrogen) atoms. The van der Waals surface area contributed by atoms with Crippen LogP contribution >= 0.6 is 12.4 Å². The van der Waals surface area contributed by atoms with E-state index in [1.165, 1.54) is 0 Å². The largest absolute Gasteiger partial charge is 0.330 e. The predicted octanol–water partition coefficient (Wildman–Crippen LogP) is 1.89. The van der Waals surface area contributed by atoms with Gasteiger partial charge in [0.25, 0.3) is 0 Å². The Morgan fingerprint density at radius 3 is 2.47 bits per heavy atom. The fraction of sp³-hybridized carbons (Fsp3) is 0.231. The Morgan fingerprint density at radius 2 is 1.74 bits per heavy atom. The molecule has 0 saturated carbocycles. The van der Waals surface area contributed by atoms with E-state index in [9.17, 15) is 8.42 Å². The van der Waals surface area contributed by atoms with Crippen LogP contribution in [0.4, 0.5) is 0 Å². The highest BCUT2D eigenvalue weighted by Crippen LogP contribution is 2.22. The Balaban J connectivity index is 0.00000180. The van der Waals surface area contributed by atoms with E-state index >= 15 is 0 Å². The third-order valence-electron chi connectivity index (χ3n) is 2.71. The molecule has 4 nitrogen and oxygen atoms in total. The lowest BCUT2D eigenvalue weighted by atomic mass is 10.1. The average Bonchev–Trinajstić information content (AvgIpc) is 2.38. The molecule has 0 atom stereocenters. The van der Waals surface area contributed by atoms with E-state index in [0.29, 0.717) is 24.4 Å². The molecule has 2 aromatic carbocycles. The first kappa shape index (κ1) is 15.9. The van der Waals surface area contributed by atoms with E-state index in [4.69, 9.17) is 5.73 Å². The summed E-state index contributed by atoms with van der Waals surface area (Å²) in [5.74, 6) is 0.